The summed E-state index contributed by atoms with van der Waals surface area (Å²) in [7, 11) is -7.00. The summed E-state index contributed by atoms with van der Waals surface area (Å²) in [6.07, 6.45) is 6.81. The third-order valence-corrected chi connectivity index (χ3v) is 5.11. The molecule has 10 nitrogen and oxygen atoms in total. The van der Waals surface area contributed by atoms with Crippen LogP contribution in [0.1, 0.15) is 107 Å². The molecule has 35 heavy (non-hydrogen) atoms. The van der Waals surface area contributed by atoms with Crippen molar-refractivity contribution in [2.45, 2.75) is 119 Å². The standard InChI is InChI=1S/2C8H20O4P.2C3H8O.Ti/c2*1-3-5-7-11-13(9,10)12-8-6-4-2;2*1-3(2)4;/h2*9-10H,3-8H2,1-2H3;2*3-4H,1-2H3;/q2*+1;;;. The Kier molecular flexibility index (Phi) is 43.7. The van der Waals surface area contributed by atoms with Crippen molar-refractivity contribution in [2.75, 3.05) is 26.4 Å². The van der Waals surface area contributed by atoms with Crippen molar-refractivity contribution in [1.29, 1.82) is 0 Å². The molecule has 0 atom stereocenters. The maximum Gasteiger partial charge on any atom is 0.569 e. The molecule has 0 aliphatic carbocycles. The van der Waals surface area contributed by atoms with E-state index in [2.05, 4.69) is 0 Å². The van der Waals surface area contributed by atoms with E-state index < -0.39 is 16.3 Å². The molecule has 13 heteroatoms. The summed E-state index contributed by atoms with van der Waals surface area (Å²) in [4.78, 5) is 36.8. The molecule has 0 aliphatic rings. The van der Waals surface area contributed by atoms with Crippen LogP contribution in [0.25, 0.3) is 0 Å². The van der Waals surface area contributed by atoms with Gasteiger partial charge in [-0.1, -0.05) is 53.4 Å². The molecule has 0 aromatic rings. The quantitative estimate of drug-likeness (QED) is 0.0788. The minimum atomic E-state index is -3.50. The van der Waals surface area contributed by atoms with E-state index in [0.29, 0.717) is 26.4 Å². The van der Waals surface area contributed by atoms with Crippen LogP contribution in [-0.4, -0.2) is 68.4 Å². The zero-order valence-electron chi connectivity index (χ0n) is 23.4. The summed E-state index contributed by atoms with van der Waals surface area (Å²) in [6.45, 7) is 16.3. The predicted molar refractivity (Wildman–Crippen MR) is 141 cm³/mol. The minimum Gasteiger partial charge on any atom is -0.394 e. The molecule has 0 unspecified atom stereocenters. The Labute approximate surface area is 231 Å². The van der Waals surface area contributed by atoms with Gasteiger partial charge in [0.25, 0.3) is 0 Å². The van der Waals surface area contributed by atoms with E-state index in [1.165, 1.54) is 0 Å². The molecule has 0 heterocycles. The molecular weight excluding hydrogens is 534 g/mol. The third kappa shape index (κ3) is 61.1. The Morgan fingerprint density at radius 2 is 0.629 bits per heavy atom. The van der Waals surface area contributed by atoms with Gasteiger partial charge in [0.15, 0.2) is 0 Å². The minimum absolute atomic E-state index is 0. The van der Waals surface area contributed by atoms with Gasteiger partial charge < -0.3 is 10.2 Å². The summed E-state index contributed by atoms with van der Waals surface area (Å²) < 4.78 is 19.3. The van der Waals surface area contributed by atoms with Crippen LogP contribution in [0.4, 0.5) is 0 Å². The SMILES string of the molecule is CC(C)O.CC(C)O.CCCCO[P+](O)(O)OCCCC.CCCCO[P+](O)(O)OCCCC.[Ti]. The molecule has 0 aliphatic heterocycles. The first-order valence-corrected chi connectivity index (χ1v) is 15.4. The first kappa shape index (κ1) is 46.1. The molecule has 216 valence electrons. The van der Waals surface area contributed by atoms with Crippen molar-refractivity contribution in [1.82, 2.24) is 0 Å². The Morgan fingerprint density at radius 3 is 0.743 bits per heavy atom. The van der Waals surface area contributed by atoms with Gasteiger partial charge in [0.1, 0.15) is 26.4 Å². The Morgan fingerprint density at radius 1 is 0.486 bits per heavy atom. The molecule has 6 N–H and O–H groups in total. The summed E-state index contributed by atoms with van der Waals surface area (Å²) in [5, 5.41) is 16.1. The Balaban J connectivity index is -0.000000128. The zero-order chi connectivity index (χ0) is 27.5. The zero-order valence-corrected chi connectivity index (χ0v) is 26.7. The summed E-state index contributed by atoms with van der Waals surface area (Å²) in [6, 6.07) is 0. The normalized spacial score (nSPS) is 11.0. The molecule has 0 saturated carbocycles. The van der Waals surface area contributed by atoms with Gasteiger partial charge in [0.2, 0.25) is 0 Å². The van der Waals surface area contributed by atoms with Crippen molar-refractivity contribution >= 4 is 16.3 Å². The van der Waals surface area contributed by atoms with E-state index >= 15 is 0 Å². The van der Waals surface area contributed by atoms with E-state index in [1.54, 1.807) is 27.7 Å². The molecule has 0 rings (SSSR count). The first-order valence-electron chi connectivity index (χ1n) is 12.3. The number of aliphatic hydroxyl groups is 2. The van der Waals surface area contributed by atoms with E-state index in [0.717, 1.165) is 51.4 Å². The average Bonchev–Trinajstić information content (AvgIpc) is 2.68. The second-order valence-corrected chi connectivity index (χ2v) is 10.9. The fourth-order valence-corrected chi connectivity index (χ4v) is 3.00. The molecular formula is C22H56O10P2Ti+2. The van der Waals surface area contributed by atoms with E-state index in [-0.39, 0.29) is 33.9 Å². The van der Waals surface area contributed by atoms with Gasteiger partial charge in [-0.15, -0.1) is 0 Å². The van der Waals surface area contributed by atoms with Crippen LogP contribution in [-0.2, 0) is 39.8 Å². The van der Waals surface area contributed by atoms with Crippen LogP contribution in [0.5, 0.6) is 0 Å². The Hall–Kier alpha value is 1.17. The van der Waals surface area contributed by atoms with Crippen LogP contribution < -0.4 is 0 Å². The van der Waals surface area contributed by atoms with Crippen LogP contribution in [0.3, 0.4) is 0 Å². The van der Waals surface area contributed by atoms with Crippen LogP contribution >= 0.6 is 16.3 Å². The van der Waals surface area contributed by atoms with Crippen molar-refractivity contribution < 1.29 is 69.6 Å². The van der Waals surface area contributed by atoms with Gasteiger partial charge in [-0.2, -0.15) is 37.7 Å². The van der Waals surface area contributed by atoms with Crippen LogP contribution in [0, 0.1) is 0 Å². The predicted octanol–water partition coefficient (Wildman–Crippen LogP) is 5.34. The number of unbranched alkanes of at least 4 members (excludes halogenated alkanes) is 4. The number of aliphatic hydroxyl groups excluding tert-OH is 2. The first-order chi connectivity index (χ1) is 15.7. The molecule has 0 saturated heterocycles. The molecule has 0 aromatic heterocycles. The fraction of sp³-hybridized carbons (Fsp3) is 1.00. The second kappa shape index (κ2) is 33.2. The summed E-state index contributed by atoms with van der Waals surface area (Å²) in [5.41, 5.74) is 0. The van der Waals surface area contributed by atoms with Crippen molar-refractivity contribution in [3.05, 3.63) is 0 Å². The van der Waals surface area contributed by atoms with Gasteiger partial charge in [-0.25, -0.2) is 0 Å². The molecule has 0 bridgehead atoms. The van der Waals surface area contributed by atoms with Gasteiger partial charge in [0.05, 0.1) is 0 Å². The number of hydrogen-bond donors (Lipinski definition) is 6. The average molecular weight is 590 g/mol. The summed E-state index contributed by atoms with van der Waals surface area (Å²) >= 11 is 0. The molecule has 0 amide bonds. The maximum atomic E-state index is 9.19. The number of hydrogen-bond acceptors (Lipinski definition) is 10. The largest absolute Gasteiger partial charge is 0.569 e. The summed E-state index contributed by atoms with van der Waals surface area (Å²) in [5.74, 6) is 0. The smallest absolute Gasteiger partial charge is 0.394 e. The van der Waals surface area contributed by atoms with Crippen molar-refractivity contribution in [2.24, 2.45) is 0 Å². The fourth-order valence-electron chi connectivity index (χ4n) is 1.39. The Bertz CT molecular complexity index is 317. The van der Waals surface area contributed by atoms with Gasteiger partial charge in [-0.05, 0) is 53.4 Å². The van der Waals surface area contributed by atoms with Crippen molar-refractivity contribution in [3.63, 3.8) is 0 Å². The van der Waals surface area contributed by atoms with E-state index in [1.807, 2.05) is 27.7 Å². The van der Waals surface area contributed by atoms with Crippen LogP contribution in [0.2, 0.25) is 0 Å². The molecule has 0 spiro atoms. The third-order valence-electron chi connectivity index (χ3n) is 3.03. The molecule has 0 radical (unpaired) electrons. The van der Waals surface area contributed by atoms with Gasteiger partial charge >= 0.3 is 16.3 Å². The van der Waals surface area contributed by atoms with Gasteiger partial charge in [-0.3, -0.25) is 0 Å². The monoisotopic (exact) mass is 590 g/mol. The number of rotatable bonds is 16. The van der Waals surface area contributed by atoms with Crippen molar-refractivity contribution in [3.8, 4) is 0 Å². The molecule has 0 fully saturated rings. The van der Waals surface area contributed by atoms with E-state index in [4.69, 9.17) is 28.3 Å². The molecule has 0 aromatic carbocycles. The van der Waals surface area contributed by atoms with Gasteiger partial charge in [0, 0.05) is 33.9 Å². The second-order valence-electron chi connectivity index (χ2n) is 7.92. The maximum absolute atomic E-state index is 9.19. The topological polar surface area (TPSA) is 158 Å². The van der Waals surface area contributed by atoms with Crippen LogP contribution in [0.15, 0.2) is 0 Å². The van der Waals surface area contributed by atoms with E-state index in [9.17, 15) is 19.6 Å².